The molecular weight excluding hydrogens is 206 g/mol. The third-order valence-corrected chi connectivity index (χ3v) is 2.96. The number of aliphatic hydroxyl groups excluding tert-OH is 1. The quantitative estimate of drug-likeness (QED) is 0.794. The van der Waals surface area contributed by atoms with Crippen molar-refractivity contribution in [3.63, 3.8) is 0 Å². The van der Waals surface area contributed by atoms with E-state index in [1.165, 1.54) is 6.92 Å². The Balaban J connectivity index is 2.08. The SMILES string of the molecule is CC(=O)Nc1cnn(C2CCCCC2O)c1. The molecule has 0 aliphatic heterocycles. The van der Waals surface area contributed by atoms with E-state index < -0.39 is 0 Å². The number of carbonyl (C=O) groups is 1. The van der Waals surface area contributed by atoms with Crippen LogP contribution in [0.15, 0.2) is 12.4 Å². The van der Waals surface area contributed by atoms with E-state index in [1.54, 1.807) is 17.1 Å². The highest BCUT2D eigenvalue weighted by atomic mass is 16.3. The molecule has 0 spiro atoms. The number of hydrogen-bond donors (Lipinski definition) is 2. The first-order valence-corrected chi connectivity index (χ1v) is 5.66. The van der Waals surface area contributed by atoms with Crippen molar-refractivity contribution in [1.82, 2.24) is 9.78 Å². The van der Waals surface area contributed by atoms with Gasteiger partial charge in [0.2, 0.25) is 5.91 Å². The van der Waals surface area contributed by atoms with Crippen molar-refractivity contribution in [3.8, 4) is 0 Å². The molecule has 0 saturated heterocycles. The van der Waals surface area contributed by atoms with Crippen LogP contribution in [0.4, 0.5) is 5.69 Å². The van der Waals surface area contributed by atoms with Crippen LogP contribution in [-0.4, -0.2) is 26.9 Å². The fourth-order valence-electron chi connectivity index (χ4n) is 2.19. The van der Waals surface area contributed by atoms with E-state index in [0.717, 1.165) is 25.7 Å². The molecule has 0 radical (unpaired) electrons. The molecule has 1 aliphatic carbocycles. The maximum absolute atomic E-state index is 10.9. The molecule has 2 N–H and O–H groups in total. The lowest BCUT2D eigenvalue weighted by Crippen LogP contribution is -2.27. The van der Waals surface area contributed by atoms with Crippen LogP contribution in [0.5, 0.6) is 0 Å². The zero-order valence-corrected chi connectivity index (χ0v) is 9.39. The number of nitrogens with zero attached hydrogens (tertiary/aromatic N) is 2. The lowest BCUT2D eigenvalue weighted by molar-refractivity contribution is -0.114. The highest BCUT2D eigenvalue weighted by Gasteiger charge is 2.25. The maximum Gasteiger partial charge on any atom is 0.221 e. The van der Waals surface area contributed by atoms with Gasteiger partial charge in [-0.05, 0) is 12.8 Å². The molecule has 2 atom stereocenters. The van der Waals surface area contributed by atoms with Crippen LogP contribution in [0.1, 0.15) is 38.6 Å². The summed E-state index contributed by atoms with van der Waals surface area (Å²) in [6.07, 6.45) is 7.05. The van der Waals surface area contributed by atoms with Gasteiger partial charge in [-0.2, -0.15) is 5.10 Å². The van der Waals surface area contributed by atoms with E-state index in [4.69, 9.17) is 0 Å². The van der Waals surface area contributed by atoms with Crippen molar-refractivity contribution >= 4 is 11.6 Å². The maximum atomic E-state index is 10.9. The molecule has 16 heavy (non-hydrogen) atoms. The minimum atomic E-state index is -0.321. The Bertz CT molecular complexity index is 375. The largest absolute Gasteiger partial charge is 0.391 e. The van der Waals surface area contributed by atoms with Crippen molar-refractivity contribution < 1.29 is 9.90 Å². The van der Waals surface area contributed by atoms with Gasteiger partial charge in [-0.1, -0.05) is 12.8 Å². The van der Waals surface area contributed by atoms with Crippen LogP contribution in [0.3, 0.4) is 0 Å². The second kappa shape index (κ2) is 4.65. The summed E-state index contributed by atoms with van der Waals surface area (Å²) >= 11 is 0. The van der Waals surface area contributed by atoms with Gasteiger partial charge in [0.05, 0.1) is 24.0 Å². The summed E-state index contributed by atoms with van der Waals surface area (Å²) in [5, 5.41) is 16.7. The summed E-state index contributed by atoms with van der Waals surface area (Å²) in [5.74, 6) is -0.108. The second-order valence-corrected chi connectivity index (χ2v) is 4.31. The predicted molar refractivity (Wildman–Crippen MR) is 60.0 cm³/mol. The molecule has 1 fully saturated rings. The lowest BCUT2D eigenvalue weighted by atomic mass is 9.93. The van der Waals surface area contributed by atoms with E-state index >= 15 is 0 Å². The van der Waals surface area contributed by atoms with Gasteiger partial charge in [0.15, 0.2) is 0 Å². The fraction of sp³-hybridized carbons (Fsp3) is 0.636. The van der Waals surface area contributed by atoms with E-state index in [0.29, 0.717) is 5.69 Å². The Hall–Kier alpha value is -1.36. The monoisotopic (exact) mass is 223 g/mol. The van der Waals surface area contributed by atoms with Crippen molar-refractivity contribution in [1.29, 1.82) is 0 Å². The average molecular weight is 223 g/mol. The van der Waals surface area contributed by atoms with E-state index in [9.17, 15) is 9.90 Å². The molecule has 88 valence electrons. The summed E-state index contributed by atoms with van der Waals surface area (Å²) in [4.78, 5) is 10.9. The van der Waals surface area contributed by atoms with E-state index in [2.05, 4.69) is 10.4 Å². The van der Waals surface area contributed by atoms with E-state index in [-0.39, 0.29) is 18.1 Å². The highest BCUT2D eigenvalue weighted by molar-refractivity contribution is 5.88. The summed E-state index contributed by atoms with van der Waals surface area (Å²) in [7, 11) is 0. The summed E-state index contributed by atoms with van der Waals surface area (Å²) in [6, 6.07) is 0.0521. The molecular formula is C11H17N3O2. The minimum Gasteiger partial charge on any atom is -0.391 e. The third-order valence-electron chi connectivity index (χ3n) is 2.96. The Labute approximate surface area is 94.5 Å². The molecule has 2 unspecified atom stereocenters. The number of anilines is 1. The molecule has 5 heteroatoms. The fourth-order valence-corrected chi connectivity index (χ4v) is 2.19. The van der Waals surface area contributed by atoms with Crippen molar-refractivity contribution in [2.24, 2.45) is 0 Å². The Morgan fingerprint density at radius 1 is 1.56 bits per heavy atom. The number of aliphatic hydroxyl groups is 1. The van der Waals surface area contributed by atoms with Gasteiger partial charge in [0, 0.05) is 13.1 Å². The van der Waals surface area contributed by atoms with Gasteiger partial charge >= 0.3 is 0 Å². The average Bonchev–Trinajstić information content (AvgIpc) is 2.66. The number of nitrogens with one attached hydrogen (secondary N) is 1. The molecule has 0 aromatic carbocycles. The molecule has 0 bridgehead atoms. The molecule has 1 aliphatic rings. The van der Waals surface area contributed by atoms with Gasteiger partial charge in [-0.25, -0.2) is 0 Å². The smallest absolute Gasteiger partial charge is 0.221 e. The molecule has 1 aromatic rings. The van der Waals surface area contributed by atoms with Gasteiger partial charge < -0.3 is 10.4 Å². The zero-order valence-electron chi connectivity index (χ0n) is 9.39. The van der Waals surface area contributed by atoms with Crippen LogP contribution in [0.25, 0.3) is 0 Å². The molecule has 1 aromatic heterocycles. The normalized spacial score (nSPS) is 25.4. The Morgan fingerprint density at radius 2 is 2.31 bits per heavy atom. The van der Waals surface area contributed by atoms with Gasteiger partial charge in [0.1, 0.15) is 0 Å². The van der Waals surface area contributed by atoms with Gasteiger partial charge in [-0.3, -0.25) is 9.48 Å². The topological polar surface area (TPSA) is 67.2 Å². The first-order chi connectivity index (χ1) is 7.66. The molecule has 1 saturated carbocycles. The van der Waals surface area contributed by atoms with Crippen molar-refractivity contribution in [2.75, 3.05) is 5.32 Å². The van der Waals surface area contributed by atoms with Crippen LogP contribution in [0, 0.1) is 0 Å². The number of rotatable bonds is 2. The van der Waals surface area contributed by atoms with Crippen LogP contribution in [-0.2, 0) is 4.79 Å². The number of aromatic nitrogens is 2. The summed E-state index contributed by atoms with van der Waals surface area (Å²) in [5.41, 5.74) is 0.685. The first kappa shape index (κ1) is 11.1. The van der Waals surface area contributed by atoms with Crippen LogP contribution < -0.4 is 5.32 Å². The molecule has 5 nitrogen and oxygen atoms in total. The number of hydrogen-bond acceptors (Lipinski definition) is 3. The van der Waals surface area contributed by atoms with Crippen molar-refractivity contribution in [2.45, 2.75) is 44.8 Å². The van der Waals surface area contributed by atoms with E-state index in [1.807, 2.05) is 0 Å². The molecule has 1 amide bonds. The van der Waals surface area contributed by atoms with Crippen LogP contribution >= 0.6 is 0 Å². The first-order valence-electron chi connectivity index (χ1n) is 5.66. The summed E-state index contributed by atoms with van der Waals surface area (Å²) < 4.78 is 1.76. The zero-order chi connectivity index (χ0) is 11.5. The third kappa shape index (κ3) is 2.41. The Morgan fingerprint density at radius 3 is 3.00 bits per heavy atom. The predicted octanol–water partition coefficient (Wildman–Crippen LogP) is 1.32. The number of amides is 1. The van der Waals surface area contributed by atoms with Crippen molar-refractivity contribution in [3.05, 3.63) is 12.4 Å². The minimum absolute atomic E-state index is 0.0521. The molecule has 1 heterocycles. The summed E-state index contributed by atoms with van der Waals surface area (Å²) in [6.45, 7) is 1.47. The lowest BCUT2D eigenvalue weighted by Gasteiger charge is -2.27. The van der Waals surface area contributed by atoms with Gasteiger partial charge in [0.25, 0.3) is 0 Å². The standard InChI is InChI=1S/C11H17N3O2/c1-8(15)13-9-6-12-14(7-9)10-4-2-3-5-11(10)16/h6-7,10-11,16H,2-5H2,1H3,(H,13,15). The molecule has 2 rings (SSSR count). The number of carbonyl (C=O) groups excluding carboxylic acids is 1. The Kier molecular flexibility index (Phi) is 3.24. The highest BCUT2D eigenvalue weighted by Crippen LogP contribution is 2.28. The van der Waals surface area contributed by atoms with Crippen LogP contribution in [0.2, 0.25) is 0 Å². The van der Waals surface area contributed by atoms with Gasteiger partial charge in [-0.15, -0.1) is 0 Å². The second-order valence-electron chi connectivity index (χ2n) is 4.31.